The maximum Gasteiger partial charge on any atom is 0.140 e. The van der Waals surface area contributed by atoms with Crippen molar-refractivity contribution in [2.75, 3.05) is 0 Å². The molecule has 0 atom stereocenters. The third kappa shape index (κ3) is 1.92. The first kappa shape index (κ1) is 10.7. The zero-order chi connectivity index (χ0) is 11.5. The average molecular weight is 224 g/mol. The Morgan fingerprint density at radius 2 is 1.94 bits per heavy atom. The molecule has 0 saturated heterocycles. The molecule has 0 radical (unpaired) electrons. The van der Waals surface area contributed by atoms with Gasteiger partial charge in [0.15, 0.2) is 0 Å². The predicted molar refractivity (Wildman–Crippen MR) is 53.4 cm³/mol. The van der Waals surface area contributed by atoms with E-state index >= 15 is 0 Å². The van der Waals surface area contributed by atoms with Crippen molar-refractivity contribution in [3.63, 3.8) is 0 Å². The van der Waals surface area contributed by atoms with Crippen LogP contribution in [0.4, 0.5) is 8.78 Å². The summed E-state index contributed by atoms with van der Waals surface area (Å²) in [4.78, 5) is 3.87. The summed E-state index contributed by atoms with van der Waals surface area (Å²) in [6.45, 7) is 0.168. The molecule has 2 N–H and O–H groups in total. The standard InChI is InChI=1S/C10H10F2N4/c11-8-2-1-3-9(12)7(8)5-16-10(4-13)14-6-15-16/h1-3,6H,4-5,13H2. The first-order valence-electron chi connectivity index (χ1n) is 4.72. The Morgan fingerprint density at radius 1 is 1.25 bits per heavy atom. The van der Waals surface area contributed by atoms with Gasteiger partial charge < -0.3 is 5.73 Å². The third-order valence-corrected chi connectivity index (χ3v) is 2.25. The number of benzene rings is 1. The van der Waals surface area contributed by atoms with E-state index in [1.165, 1.54) is 29.2 Å². The molecule has 0 spiro atoms. The van der Waals surface area contributed by atoms with Gasteiger partial charge in [-0.3, -0.25) is 0 Å². The van der Waals surface area contributed by atoms with Crippen molar-refractivity contribution < 1.29 is 8.78 Å². The molecule has 0 bridgehead atoms. The normalized spacial score (nSPS) is 10.7. The number of rotatable bonds is 3. The molecular weight excluding hydrogens is 214 g/mol. The van der Waals surface area contributed by atoms with Crippen LogP contribution in [0.15, 0.2) is 24.5 Å². The van der Waals surface area contributed by atoms with Crippen molar-refractivity contribution in [3.8, 4) is 0 Å². The summed E-state index contributed by atoms with van der Waals surface area (Å²) in [5.74, 6) is -0.709. The Labute approximate surface area is 90.7 Å². The number of nitrogens with zero attached hydrogens (tertiary/aromatic N) is 3. The first-order valence-corrected chi connectivity index (χ1v) is 4.72. The monoisotopic (exact) mass is 224 g/mol. The summed E-state index contributed by atoms with van der Waals surface area (Å²) < 4.78 is 28.1. The zero-order valence-corrected chi connectivity index (χ0v) is 8.40. The molecule has 0 fully saturated rings. The van der Waals surface area contributed by atoms with Gasteiger partial charge in [-0.25, -0.2) is 18.4 Å². The van der Waals surface area contributed by atoms with Crippen molar-refractivity contribution in [2.24, 2.45) is 5.73 Å². The second-order valence-corrected chi connectivity index (χ2v) is 3.24. The van der Waals surface area contributed by atoms with Crippen LogP contribution in [0.25, 0.3) is 0 Å². The molecule has 2 aromatic rings. The van der Waals surface area contributed by atoms with Crippen LogP contribution in [0.2, 0.25) is 0 Å². The van der Waals surface area contributed by atoms with Crippen molar-refractivity contribution >= 4 is 0 Å². The van der Waals surface area contributed by atoms with Gasteiger partial charge in [0.05, 0.1) is 13.1 Å². The molecule has 2 rings (SSSR count). The lowest BCUT2D eigenvalue weighted by Gasteiger charge is -2.06. The predicted octanol–water partition coefficient (Wildman–Crippen LogP) is 1.06. The molecule has 1 aromatic heterocycles. The van der Waals surface area contributed by atoms with Gasteiger partial charge >= 0.3 is 0 Å². The Bertz CT molecular complexity index is 475. The van der Waals surface area contributed by atoms with Gasteiger partial charge in [0.25, 0.3) is 0 Å². The summed E-state index contributed by atoms with van der Waals surface area (Å²) in [5, 5.41) is 3.86. The Morgan fingerprint density at radius 3 is 2.56 bits per heavy atom. The lowest BCUT2D eigenvalue weighted by molar-refractivity contribution is 0.525. The van der Waals surface area contributed by atoms with E-state index in [4.69, 9.17) is 5.73 Å². The maximum atomic E-state index is 13.3. The van der Waals surface area contributed by atoms with Gasteiger partial charge in [-0.05, 0) is 12.1 Å². The number of hydrogen-bond acceptors (Lipinski definition) is 3. The summed E-state index contributed by atoms with van der Waals surface area (Å²) in [6.07, 6.45) is 1.31. The van der Waals surface area contributed by atoms with E-state index in [1.54, 1.807) is 0 Å². The van der Waals surface area contributed by atoms with Crippen molar-refractivity contribution in [2.45, 2.75) is 13.1 Å². The summed E-state index contributed by atoms with van der Waals surface area (Å²) >= 11 is 0. The average Bonchev–Trinajstić information content (AvgIpc) is 2.71. The van der Waals surface area contributed by atoms with Crippen LogP contribution in [0.3, 0.4) is 0 Å². The second-order valence-electron chi connectivity index (χ2n) is 3.24. The zero-order valence-electron chi connectivity index (χ0n) is 8.40. The molecule has 1 aromatic carbocycles. The van der Waals surface area contributed by atoms with Gasteiger partial charge in [0, 0.05) is 5.56 Å². The van der Waals surface area contributed by atoms with E-state index in [9.17, 15) is 8.78 Å². The first-order chi connectivity index (χ1) is 7.72. The third-order valence-electron chi connectivity index (χ3n) is 2.25. The van der Waals surface area contributed by atoms with Crippen LogP contribution in [-0.4, -0.2) is 14.8 Å². The molecule has 0 amide bonds. The van der Waals surface area contributed by atoms with Gasteiger partial charge in [0.1, 0.15) is 23.8 Å². The number of nitrogens with two attached hydrogens (primary N) is 1. The fourth-order valence-electron chi connectivity index (χ4n) is 1.41. The van der Waals surface area contributed by atoms with E-state index < -0.39 is 11.6 Å². The molecule has 0 aliphatic rings. The lowest BCUT2D eigenvalue weighted by atomic mass is 10.2. The maximum absolute atomic E-state index is 13.3. The SMILES string of the molecule is NCc1ncnn1Cc1c(F)cccc1F. The second kappa shape index (κ2) is 4.36. The minimum absolute atomic E-state index is 0.00889. The molecule has 6 heteroatoms. The highest BCUT2D eigenvalue weighted by Crippen LogP contribution is 2.13. The van der Waals surface area contributed by atoms with Crippen LogP contribution >= 0.6 is 0 Å². The highest BCUT2D eigenvalue weighted by Gasteiger charge is 2.11. The van der Waals surface area contributed by atoms with Crippen LogP contribution in [-0.2, 0) is 13.1 Å². The van der Waals surface area contributed by atoms with Gasteiger partial charge in [-0.1, -0.05) is 6.07 Å². The smallest absolute Gasteiger partial charge is 0.140 e. The van der Waals surface area contributed by atoms with E-state index in [-0.39, 0.29) is 18.7 Å². The fraction of sp³-hybridized carbons (Fsp3) is 0.200. The molecule has 1 heterocycles. The number of aromatic nitrogens is 3. The van der Waals surface area contributed by atoms with E-state index in [1.807, 2.05) is 0 Å². The lowest BCUT2D eigenvalue weighted by Crippen LogP contribution is -2.12. The van der Waals surface area contributed by atoms with Crippen LogP contribution < -0.4 is 5.73 Å². The molecule has 16 heavy (non-hydrogen) atoms. The van der Waals surface area contributed by atoms with Crippen LogP contribution in [0, 0.1) is 11.6 Å². The highest BCUT2D eigenvalue weighted by molar-refractivity contribution is 5.20. The molecule has 0 aliphatic heterocycles. The van der Waals surface area contributed by atoms with Crippen molar-refractivity contribution in [1.82, 2.24) is 14.8 Å². The quantitative estimate of drug-likeness (QED) is 0.848. The van der Waals surface area contributed by atoms with E-state index in [0.29, 0.717) is 5.82 Å². The Hall–Kier alpha value is -1.82. The summed E-state index contributed by atoms with van der Waals surface area (Å²) in [7, 11) is 0. The van der Waals surface area contributed by atoms with E-state index in [0.717, 1.165) is 0 Å². The molecule has 84 valence electrons. The number of hydrogen-bond donors (Lipinski definition) is 1. The van der Waals surface area contributed by atoms with Crippen molar-refractivity contribution in [3.05, 3.63) is 47.5 Å². The van der Waals surface area contributed by atoms with Gasteiger partial charge in [0.2, 0.25) is 0 Å². The Balaban J connectivity index is 2.34. The topological polar surface area (TPSA) is 56.7 Å². The van der Waals surface area contributed by atoms with Gasteiger partial charge in [-0.2, -0.15) is 5.10 Å². The number of halogens is 2. The Kier molecular flexibility index (Phi) is 2.91. The molecule has 0 aliphatic carbocycles. The van der Waals surface area contributed by atoms with E-state index in [2.05, 4.69) is 10.1 Å². The molecule has 0 unspecified atom stereocenters. The van der Waals surface area contributed by atoms with Gasteiger partial charge in [-0.15, -0.1) is 0 Å². The fourth-order valence-corrected chi connectivity index (χ4v) is 1.41. The molecule has 0 saturated carbocycles. The summed E-state index contributed by atoms with van der Waals surface area (Å²) in [5.41, 5.74) is 5.37. The largest absolute Gasteiger partial charge is 0.324 e. The molecular formula is C10H10F2N4. The summed E-state index contributed by atoms with van der Waals surface area (Å²) in [6, 6.07) is 3.73. The molecule has 4 nitrogen and oxygen atoms in total. The highest BCUT2D eigenvalue weighted by atomic mass is 19.1. The minimum Gasteiger partial charge on any atom is -0.324 e. The van der Waals surface area contributed by atoms with Crippen LogP contribution in [0.1, 0.15) is 11.4 Å². The van der Waals surface area contributed by atoms with Crippen molar-refractivity contribution in [1.29, 1.82) is 0 Å². The van der Waals surface area contributed by atoms with Crippen LogP contribution in [0.5, 0.6) is 0 Å². The minimum atomic E-state index is -0.599.